The predicted molar refractivity (Wildman–Crippen MR) is 101 cm³/mol. The number of benzene rings is 1. The van der Waals surface area contributed by atoms with Gasteiger partial charge < -0.3 is 9.47 Å². The Labute approximate surface area is 153 Å². The highest BCUT2D eigenvalue weighted by Crippen LogP contribution is 2.28. The molecule has 2 heterocycles. The van der Waals surface area contributed by atoms with Crippen LogP contribution in [-0.4, -0.2) is 36.1 Å². The Hall–Kier alpha value is -2.86. The second-order valence-corrected chi connectivity index (χ2v) is 5.86. The van der Waals surface area contributed by atoms with Gasteiger partial charge in [-0.15, -0.1) is 0 Å². The third-order valence-corrected chi connectivity index (χ3v) is 4.13. The maximum atomic E-state index is 11.9. The molecule has 26 heavy (non-hydrogen) atoms. The molecule has 136 valence electrons. The molecule has 0 bridgehead atoms. The van der Waals surface area contributed by atoms with Gasteiger partial charge in [0.15, 0.2) is 11.4 Å². The number of imidazole rings is 1. The van der Waals surface area contributed by atoms with Crippen LogP contribution in [0, 0.1) is 0 Å². The van der Waals surface area contributed by atoms with Crippen molar-refractivity contribution in [1.29, 1.82) is 0 Å². The minimum absolute atomic E-state index is 0.446. The summed E-state index contributed by atoms with van der Waals surface area (Å²) in [5, 5.41) is 0. The largest absolute Gasteiger partial charge is 0.487 e. The number of carbonyl (C=O) groups is 1. The fourth-order valence-electron chi connectivity index (χ4n) is 2.91. The van der Waals surface area contributed by atoms with Crippen LogP contribution in [0.2, 0.25) is 0 Å². The van der Waals surface area contributed by atoms with Crippen LogP contribution in [0.1, 0.15) is 18.2 Å². The van der Waals surface area contributed by atoms with Gasteiger partial charge in [-0.05, 0) is 24.1 Å². The summed E-state index contributed by atoms with van der Waals surface area (Å²) < 4.78 is 12.7. The van der Waals surface area contributed by atoms with E-state index in [0.717, 1.165) is 23.5 Å². The summed E-state index contributed by atoms with van der Waals surface area (Å²) >= 11 is 0. The molecule has 0 aliphatic carbocycles. The minimum atomic E-state index is 0.446. The van der Waals surface area contributed by atoms with Gasteiger partial charge in [0.1, 0.15) is 12.4 Å². The molecule has 0 saturated heterocycles. The van der Waals surface area contributed by atoms with E-state index in [1.807, 2.05) is 60.0 Å². The molecular formula is C20H23N3O3. The molecule has 0 saturated carbocycles. The van der Waals surface area contributed by atoms with Crippen LogP contribution >= 0.6 is 0 Å². The molecule has 6 heteroatoms. The average molecular weight is 353 g/mol. The van der Waals surface area contributed by atoms with E-state index in [-0.39, 0.29) is 0 Å². The third kappa shape index (κ3) is 3.70. The van der Waals surface area contributed by atoms with Crippen LogP contribution in [0.3, 0.4) is 0 Å². The van der Waals surface area contributed by atoms with Gasteiger partial charge in [0.2, 0.25) is 6.41 Å². The Morgan fingerprint density at radius 3 is 2.65 bits per heavy atom. The zero-order chi connectivity index (χ0) is 18.4. The Balaban J connectivity index is 2.00. The highest BCUT2D eigenvalue weighted by atomic mass is 16.5. The molecule has 0 atom stereocenters. The third-order valence-electron chi connectivity index (χ3n) is 4.13. The van der Waals surface area contributed by atoms with Crippen LogP contribution in [-0.2, 0) is 22.5 Å². The Morgan fingerprint density at radius 1 is 1.15 bits per heavy atom. The number of fused-ring (bicyclic) bond motifs is 1. The van der Waals surface area contributed by atoms with Gasteiger partial charge in [-0.2, -0.15) is 0 Å². The zero-order valence-corrected chi connectivity index (χ0v) is 15.1. The second-order valence-electron chi connectivity index (χ2n) is 5.86. The van der Waals surface area contributed by atoms with Crippen molar-refractivity contribution < 1.29 is 14.3 Å². The van der Waals surface area contributed by atoms with Gasteiger partial charge >= 0.3 is 0 Å². The number of ether oxygens (including phenoxy) is 2. The van der Waals surface area contributed by atoms with Crippen LogP contribution in [0.15, 0.2) is 48.7 Å². The fraction of sp³-hybridized carbons (Fsp3) is 0.300. The second kappa shape index (κ2) is 8.49. The highest BCUT2D eigenvalue weighted by molar-refractivity contribution is 5.77. The normalized spacial score (nSPS) is 10.8. The van der Waals surface area contributed by atoms with Gasteiger partial charge in [-0.25, -0.2) is 4.98 Å². The number of carbonyl (C=O) groups excluding carboxylic acids is 1. The maximum Gasteiger partial charge on any atom is 0.215 e. The number of pyridine rings is 1. The summed E-state index contributed by atoms with van der Waals surface area (Å²) in [7, 11) is 1.64. The van der Waals surface area contributed by atoms with Crippen molar-refractivity contribution in [1.82, 2.24) is 9.38 Å². The monoisotopic (exact) mass is 353 g/mol. The number of aromatic nitrogens is 2. The number of amides is 1. The lowest BCUT2D eigenvalue weighted by Gasteiger charge is -2.18. The number of aryl methyl sites for hydroxylation is 1. The molecule has 1 amide bonds. The summed E-state index contributed by atoms with van der Waals surface area (Å²) in [6.45, 7) is 3.47. The number of methoxy groups -OCH3 is 1. The lowest BCUT2D eigenvalue weighted by atomic mass is 10.2. The van der Waals surface area contributed by atoms with E-state index in [1.165, 1.54) is 0 Å². The SMILES string of the molecule is CCc1nc2c(OCCOC)cccn2c1N(C=O)Cc1ccccc1. The van der Waals surface area contributed by atoms with Gasteiger partial charge in [0.05, 0.1) is 18.8 Å². The van der Waals surface area contributed by atoms with Crippen molar-refractivity contribution >= 4 is 17.9 Å². The van der Waals surface area contributed by atoms with Gasteiger partial charge in [0.25, 0.3) is 0 Å². The molecule has 3 aromatic rings. The van der Waals surface area contributed by atoms with Gasteiger partial charge in [0, 0.05) is 13.3 Å². The maximum absolute atomic E-state index is 11.9. The highest BCUT2D eigenvalue weighted by Gasteiger charge is 2.19. The number of hydrogen-bond acceptors (Lipinski definition) is 4. The molecule has 3 rings (SSSR count). The minimum Gasteiger partial charge on any atom is -0.487 e. The molecule has 0 aliphatic rings. The molecule has 1 aromatic carbocycles. The van der Waals surface area contributed by atoms with Crippen molar-refractivity contribution in [2.24, 2.45) is 0 Å². The molecular weight excluding hydrogens is 330 g/mol. The molecule has 2 aromatic heterocycles. The van der Waals surface area contributed by atoms with Crippen molar-refractivity contribution in [2.45, 2.75) is 19.9 Å². The van der Waals surface area contributed by atoms with E-state index in [9.17, 15) is 4.79 Å². The first-order chi connectivity index (χ1) is 12.8. The summed E-state index contributed by atoms with van der Waals surface area (Å²) in [5.74, 6) is 1.45. The first-order valence-corrected chi connectivity index (χ1v) is 8.66. The first-order valence-electron chi connectivity index (χ1n) is 8.66. The van der Waals surface area contributed by atoms with E-state index < -0.39 is 0 Å². The van der Waals surface area contributed by atoms with Crippen LogP contribution in [0.25, 0.3) is 5.65 Å². The Kier molecular flexibility index (Phi) is 5.86. The van der Waals surface area contributed by atoms with Crippen LogP contribution in [0.4, 0.5) is 5.82 Å². The Morgan fingerprint density at radius 2 is 1.96 bits per heavy atom. The number of anilines is 1. The number of nitrogens with zero attached hydrogens (tertiary/aromatic N) is 3. The summed E-state index contributed by atoms with van der Waals surface area (Å²) in [6, 6.07) is 13.7. The smallest absolute Gasteiger partial charge is 0.215 e. The quantitative estimate of drug-likeness (QED) is 0.438. The lowest BCUT2D eigenvalue weighted by Crippen LogP contribution is -2.23. The molecule has 0 N–H and O–H groups in total. The number of hydrogen-bond donors (Lipinski definition) is 0. The summed E-state index contributed by atoms with van der Waals surface area (Å²) in [6.07, 6.45) is 3.48. The molecule has 0 unspecified atom stereocenters. The van der Waals surface area contributed by atoms with Crippen molar-refractivity contribution in [3.8, 4) is 5.75 Å². The van der Waals surface area contributed by atoms with E-state index in [2.05, 4.69) is 0 Å². The fourth-order valence-corrected chi connectivity index (χ4v) is 2.91. The van der Waals surface area contributed by atoms with E-state index >= 15 is 0 Å². The molecule has 6 nitrogen and oxygen atoms in total. The van der Waals surface area contributed by atoms with Crippen LogP contribution in [0.5, 0.6) is 5.75 Å². The van der Waals surface area contributed by atoms with Crippen molar-refractivity contribution in [3.05, 3.63) is 59.9 Å². The molecule has 0 radical (unpaired) electrons. The summed E-state index contributed by atoms with van der Waals surface area (Å²) in [5.41, 5.74) is 2.62. The first kappa shape index (κ1) is 17.9. The van der Waals surface area contributed by atoms with E-state index in [4.69, 9.17) is 14.5 Å². The Bertz CT molecular complexity index is 861. The standard InChI is InChI=1S/C20H23N3O3/c1-3-17-20(22(15-24)14-16-8-5-4-6-9-16)23-11-7-10-18(19(23)21-17)26-13-12-25-2/h4-11,15H,3,12-14H2,1-2H3. The number of rotatable bonds is 9. The lowest BCUT2D eigenvalue weighted by molar-refractivity contribution is -0.107. The van der Waals surface area contributed by atoms with Crippen LogP contribution < -0.4 is 9.64 Å². The van der Waals surface area contributed by atoms with Crippen molar-refractivity contribution in [3.63, 3.8) is 0 Å². The molecule has 0 aliphatic heterocycles. The summed E-state index contributed by atoms with van der Waals surface area (Å²) in [4.78, 5) is 18.3. The molecule has 0 fully saturated rings. The van der Waals surface area contributed by atoms with E-state index in [0.29, 0.717) is 37.6 Å². The van der Waals surface area contributed by atoms with Gasteiger partial charge in [-0.1, -0.05) is 37.3 Å². The topological polar surface area (TPSA) is 56.1 Å². The molecule has 0 spiro atoms. The zero-order valence-electron chi connectivity index (χ0n) is 15.1. The average Bonchev–Trinajstić information content (AvgIpc) is 3.06. The van der Waals surface area contributed by atoms with Crippen molar-refractivity contribution in [2.75, 3.05) is 25.2 Å². The van der Waals surface area contributed by atoms with E-state index in [1.54, 1.807) is 12.0 Å². The predicted octanol–water partition coefficient (Wildman–Crippen LogP) is 3.08. The van der Waals surface area contributed by atoms with Gasteiger partial charge in [-0.3, -0.25) is 14.1 Å².